The monoisotopic (exact) mass is 233 g/mol. The number of hydrogen-bond acceptors (Lipinski definition) is 2. The number of benzene rings is 2. The van der Waals surface area contributed by atoms with E-state index in [1.807, 2.05) is 24.3 Å². The first-order chi connectivity index (χ1) is 8.90. The number of aromatic nitrogens is 3. The molecule has 3 heteroatoms. The number of nitrogens with zero attached hydrogens (tertiary/aromatic N) is 3. The summed E-state index contributed by atoms with van der Waals surface area (Å²) in [6.45, 7) is 0. The lowest BCUT2D eigenvalue weighted by Crippen LogP contribution is -2.00. The van der Waals surface area contributed by atoms with Crippen molar-refractivity contribution in [1.82, 2.24) is 15.0 Å². The largest absolute Gasteiger partial charge is 0.154 e. The van der Waals surface area contributed by atoms with E-state index in [9.17, 15) is 0 Å². The van der Waals surface area contributed by atoms with Crippen LogP contribution < -0.4 is 0 Å². The maximum atomic E-state index is 4.52. The molecule has 0 spiro atoms. The molecule has 1 heterocycles. The molecule has 1 aliphatic rings. The van der Waals surface area contributed by atoms with Crippen LogP contribution in [0.25, 0.3) is 22.8 Å². The van der Waals surface area contributed by atoms with Gasteiger partial charge in [-0.15, -0.1) is 10.2 Å². The van der Waals surface area contributed by atoms with E-state index < -0.39 is 0 Å². The first kappa shape index (κ1) is 9.59. The first-order valence-corrected chi connectivity index (χ1v) is 6.01. The molecule has 0 radical (unpaired) electrons. The summed E-state index contributed by atoms with van der Waals surface area (Å²) >= 11 is 0. The maximum absolute atomic E-state index is 4.52. The van der Waals surface area contributed by atoms with Gasteiger partial charge in [-0.2, -0.15) is 4.80 Å². The molecule has 0 saturated heterocycles. The van der Waals surface area contributed by atoms with E-state index in [4.69, 9.17) is 0 Å². The van der Waals surface area contributed by atoms with E-state index in [-0.39, 0.29) is 0 Å². The molecule has 0 fully saturated rings. The summed E-state index contributed by atoms with van der Waals surface area (Å²) in [5.74, 6) is 0. The van der Waals surface area contributed by atoms with Crippen molar-refractivity contribution in [3.05, 3.63) is 59.7 Å². The molecule has 0 bridgehead atoms. The quantitative estimate of drug-likeness (QED) is 0.647. The Hall–Kier alpha value is -2.42. The second-order valence-electron chi connectivity index (χ2n) is 4.49. The fraction of sp³-hybridized carbons (Fsp3) is 0.0667. The Bertz CT molecular complexity index is 735. The van der Waals surface area contributed by atoms with Crippen LogP contribution in [0.1, 0.15) is 11.1 Å². The fourth-order valence-corrected chi connectivity index (χ4v) is 2.38. The van der Waals surface area contributed by atoms with Crippen molar-refractivity contribution in [3.8, 4) is 0 Å². The number of fused-ring (bicyclic) bond motifs is 2. The molecule has 0 atom stereocenters. The Morgan fingerprint density at radius 1 is 0.833 bits per heavy atom. The normalized spacial score (nSPS) is 13.7. The molecule has 0 unspecified atom stereocenters. The Labute approximate surface area is 104 Å². The summed E-state index contributed by atoms with van der Waals surface area (Å²) in [4.78, 5) is 1.75. The Kier molecular flexibility index (Phi) is 1.88. The summed E-state index contributed by atoms with van der Waals surface area (Å²) in [5.41, 5.74) is 5.62. The van der Waals surface area contributed by atoms with Crippen LogP contribution in [0.3, 0.4) is 0 Å². The molecular formula is C15H11N3. The van der Waals surface area contributed by atoms with Crippen LogP contribution in [0, 0.1) is 0 Å². The van der Waals surface area contributed by atoms with E-state index >= 15 is 0 Å². The Balaban J connectivity index is 1.82. The van der Waals surface area contributed by atoms with E-state index in [1.54, 1.807) is 4.80 Å². The van der Waals surface area contributed by atoms with E-state index in [0.29, 0.717) is 0 Å². The van der Waals surface area contributed by atoms with Crippen molar-refractivity contribution in [2.75, 3.05) is 0 Å². The number of hydrogen-bond donors (Lipinski definition) is 0. The zero-order chi connectivity index (χ0) is 11.9. The van der Waals surface area contributed by atoms with Gasteiger partial charge in [-0.05, 0) is 29.3 Å². The Morgan fingerprint density at radius 2 is 1.50 bits per heavy atom. The van der Waals surface area contributed by atoms with Gasteiger partial charge in [0.1, 0.15) is 11.0 Å². The highest BCUT2D eigenvalue weighted by molar-refractivity contribution is 5.81. The average molecular weight is 233 g/mol. The minimum Gasteiger partial charge on any atom is -0.154 e. The Morgan fingerprint density at radius 3 is 2.22 bits per heavy atom. The SMILES string of the molecule is C1=C(n2nc3ccccc3n2)Cc2ccccc21. The molecule has 0 saturated carbocycles. The van der Waals surface area contributed by atoms with Crippen molar-refractivity contribution < 1.29 is 0 Å². The zero-order valence-corrected chi connectivity index (χ0v) is 9.74. The fourth-order valence-electron chi connectivity index (χ4n) is 2.38. The van der Waals surface area contributed by atoms with Gasteiger partial charge in [-0.1, -0.05) is 36.4 Å². The van der Waals surface area contributed by atoms with Gasteiger partial charge in [0, 0.05) is 6.42 Å². The molecular weight excluding hydrogens is 222 g/mol. The van der Waals surface area contributed by atoms with Gasteiger partial charge in [-0.3, -0.25) is 0 Å². The third-order valence-corrected chi connectivity index (χ3v) is 3.29. The van der Waals surface area contributed by atoms with Crippen molar-refractivity contribution in [1.29, 1.82) is 0 Å². The molecule has 2 aromatic carbocycles. The molecule has 1 aromatic heterocycles. The lowest BCUT2D eigenvalue weighted by atomic mass is 10.1. The molecule has 0 N–H and O–H groups in total. The molecule has 3 nitrogen and oxygen atoms in total. The third kappa shape index (κ3) is 1.37. The van der Waals surface area contributed by atoms with Gasteiger partial charge >= 0.3 is 0 Å². The van der Waals surface area contributed by atoms with E-state index in [0.717, 1.165) is 23.2 Å². The lowest BCUT2D eigenvalue weighted by molar-refractivity contribution is 0.772. The van der Waals surface area contributed by atoms with Crippen LogP contribution in [-0.2, 0) is 6.42 Å². The van der Waals surface area contributed by atoms with Crippen LogP contribution in [-0.4, -0.2) is 15.0 Å². The van der Waals surface area contributed by atoms with Crippen molar-refractivity contribution >= 4 is 22.8 Å². The second-order valence-corrected chi connectivity index (χ2v) is 4.49. The summed E-state index contributed by atoms with van der Waals surface area (Å²) in [7, 11) is 0. The highest BCUT2D eigenvalue weighted by Crippen LogP contribution is 2.27. The van der Waals surface area contributed by atoms with Crippen LogP contribution in [0.2, 0.25) is 0 Å². The smallest absolute Gasteiger partial charge is 0.113 e. The molecule has 86 valence electrons. The second kappa shape index (κ2) is 3.53. The van der Waals surface area contributed by atoms with E-state index in [2.05, 4.69) is 40.5 Å². The van der Waals surface area contributed by atoms with Crippen LogP contribution in [0.4, 0.5) is 0 Å². The summed E-state index contributed by atoms with van der Waals surface area (Å²) < 4.78 is 0. The molecule has 0 aliphatic heterocycles. The summed E-state index contributed by atoms with van der Waals surface area (Å²) in [5, 5.41) is 9.03. The minimum atomic E-state index is 0.900. The van der Waals surface area contributed by atoms with Crippen molar-refractivity contribution in [3.63, 3.8) is 0 Å². The summed E-state index contributed by atoms with van der Waals surface area (Å²) in [6.07, 6.45) is 3.06. The van der Waals surface area contributed by atoms with Gasteiger partial charge in [0.2, 0.25) is 0 Å². The van der Waals surface area contributed by atoms with Gasteiger partial charge in [0.05, 0.1) is 5.70 Å². The average Bonchev–Trinajstić information content (AvgIpc) is 3.02. The molecule has 0 amide bonds. The lowest BCUT2D eigenvalue weighted by Gasteiger charge is -1.98. The predicted octanol–water partition coefficient (Wildman–Crippen LogP) is 2.99. The minimum absolute atomic E-state index is 0.900. The van der Waals surface area contributed by atoms with Gasteiger partial charge in [0.25, 0.3) is 0 Å². The molecule has 1 aliphatic carbocycles. The predicted molar refractivity (Wildman–Crippen MR) is 71.8 cm³/mol. The summed E-state index contributed by atoms with van der Waals surface area (Å²) in [6, 6.07) is 16.4. The molecule has 3 aromatic rings. The molecule has 4 rings (SSSR count). The first-order valence-electron chi connectivity index (χ1n) is 6.01. The maximum Gasteiger partial charge on any atom is 0.113 e. The molecule has 18 heavy (non-hydrogen) atoms. The van der Waals surface area contributed by atoms with E-state index in [1.165, 1.54) is 11.1 Å². The van der Waals surface area contributed by atoms with Crippen LogP contribution in [0.15, 0.2) is 48.5 Å². The number of rotatable bonds is 1. The highest BCUT2D eigenvalue weighted by atomic mass is 15.5. The van der Waals surface area contributed by atoms with Crippen molar-refractivity contribution in [2.24, 2.45) is 0 Å². The van der Waals surface area contributed by atoms with Crippen LogP contribution in [0.5, 0.6) is 0 Å². The zero-order valence-electron chi connectivity index (χ0n) is 9.74. The standard InChI is InChI=1S/C15H11N3/c1-2-6-12-10-13(9-11(12)5-1)18-16-14-7-3-4-8-15(14)17-18/h1-9H,10H2. The van der Waals surface area contributed by atoms with Crippen molar-refractivity contribution in [2.45, 2.75) is 6.42 Å². The van der Waals surface area contributed by atoms with Gasteiger partial charge in [-0.25, -0.2) is 0 Å². The van der Waals surface area contributed by atoms with Gasteiger partial charge < -0.3 is 0 Å². The van der Waals surface area contributed by atoms with Gasteiger partial charge in [0.15, 0.2) is 0 Å². The third-order valence-electron chi connectivity index (χ3n) is 3.29. The number of allylic oxidation sites excluding steroid dienone is 1. The topological polar surface area (TPSA) is 30.7 Å². The van der Waals surface area contributed by atoms with Crippen LogP contribution >= 0.6 is 0 Å². The highest BCUT2D eigenvalue weighted by Gasteiger charge is 2.15.